The van der Waals surface area contributed by atoms with E-state index in [1.807, 2.05) is 24.3 Å². The summed E-state index contributed by atoms with van der Waals surface area (Å²) >= 11 is 0. The molecule has 1 heterocycles. The van der Waals surface area contributed by atoms with Gasteiger partial charge in [-0.3, -0.25) is 4.90 Å². The number of nitrogens with zero attached hydrogens (tertiary/aromatic N) is 2. The first kappa shape index (κ1) is 9.90. The van der Waals surface area contributed by atoms with Crippen LogP contribution in [0.5, 0.6) is 0 Å². The van der Waals surface area contributed by atoms with Crippen LogP contribution < -0.4 is 0 Å². The summed E-state index contributed by atoms with van der Waals surface area (Å²) in [7, 11) is 2.12. The Hall–Kier alpha value is -0.640. The van der Waals surface area contributed by atoms with Gasteiger partial charge < -0.3 is 10.0 Å². The van der Waals surface area contributed by atoms with Crippen LogP contribution in [0.25, 0.3) is 0 Å². The van der Waals surface area contributed by atoms with Crippen LogP contribution in [-0.4, -0.2) is 53.9 Å². The lowest BCUT2D eigenvalue weighted by Gasteiger charge is -2.41. The summed E-state index contributed by atoms with van der Waals surface area (Å²) in [6, 6.07) is 0. The van der Waals surface area contributed by atoms with E-state index in [-0.39, 0.29) is 0 Å². The Morgan fingerprint density at radius 2 is 1.64 bits per heavy atom. The van der Waals surface area contributed by atoms with E-state index in [0.717, 1.165) is 32.6 Å². The van der Waals surface area contributed by atoms with Crippen LogP contribution in [0.3, 0.4) is 0 Å². The molecule has 0 aromatic carbocycles. The van der Waals surface area contributed by atoms with Crippen molar-refractivity contribution >= 4 is 0 Å². The van der Waals surface area contributed by atoms with E-state index in [9.17, 15) is 5.11 Å². The lowest BCUT2D eigenvalue weighted by atomic mass is 10.0. The van der Waals surface area contributed by atoms with E-state index in [4.69, 9.17) is 0 Å². The van der Waals surface area contributed by atoms with E-state index in [1.54, 1.807) is 0 Å². The lowest BCUT2D eigenvalue weighted by Crippen LogP contribution is -2.55. The zero-order valence-corrected chi connectivity index (χ0v) is 8.69. The molecule has 1 aliphatic carbocycles. The monoisotopic (exact) mass is 194 g/mol. The highest BCUT2D eigenvalue weighted by molar-refractivity contribution is 5.19. The molecule has 0 amide bonds. The number of piperazine rings is 1. The van der Waals surface area contributed by atoms with E-state index in [1.165, 1.54) is 0 Å². The van der Waals surface area contributed by atoms with Gasteiger partial charge in [-0.1, -0.05) is 12.2 Å². The SMILES string of the molecule is CN1CCN(C2(O)C=CCC=C2)CC1. The normalized spacial score (nSPS) is 28.1. The molecule has 1 N–H and O–H groups in total. The van der Waals surface area contributed by atoms with Gasteiger partial charge in [0.25, 0.3) is 0 Å². The minimum atomic E-state index is -0.820. The van der Waals surface area contributed by atoms with Gasteiger partial charge in [0.2, 0.25) is 0 Å². The van der Waals surface area contributed by atoms with Crippen LogP contribution in [0.4, 0.5) is 0 Å². The number of likely N-dealkylation sites (N-methyl/N-ethyl adjacent to an activating group) is 1. The van der Waals surface area contributed by atoms with Crippen LogP contribution >= 0.6 is 0 Å². The minimum Gasteiger partial charge on any atom is -0.368 e. The van der Waals surface area contributed by atoms with Crippen LogP contribution in [0.1, 0.15) is 6.42 Å². The van der Waals surface area contributed by atoms with Gasteiger partial charge in [-0.05, 0) is 25.6 Å². The van der Waals surface area contributed by atoms with Gasteiger partial charge in [-0.25, -0.2) is 0 Å². The molecule has 14 heavy (non-hydrogen) atoms. The molecule has 3 heteroatoms. The van der Waals surface area contributed by atoms with E-state index < -0.39 is 5.72 Å². The van der Waals surface area contributed by atoms with Crippen molar-refractivity contribution in [3.8, 4) is 0 Å². The molecule has 0 radical (unpaired) electrons. The molecular formula is C11H18N2O. The summed E-state index contributed by atoms with van der Waals surface area (Å²) < 4.78 is 0. The summed E-state index contributed by atoms with van der Waals surface area (Å²) in [4.78, 5) is 4.41. The first-order valence-corrected chi connectivity index (χ1v) is 5.22. The molecule has 0 spiro atoms. The highest BCUT2D eigenvalue weighted by Gasteiger charge is 2.31. The number of hydrogen-bond acceptors (Lipinski definition) is 3. The van der Waals surface area contributed by atoms with Crippen LogP contribution in [0.15, 0.2) is 24.3 Å². The van der Waals surface area contributed by atoms with Crippen molar-refractivity contribution in [2.24, 2.45) is 0 Å². The minimum absolute atomic E-state index is 0.820. The third kappa shape index (κ3) is 1.90. The largest absolute Gasteiger partial charge is 0.368 e. The van der Waals surface area contributed by atoms with Gasteiger partial charge in [0.15, 0.2) is 5.72 Å². The second-order valence-corrected chi connectivity index (χ2v) is 4.11. The Kier molecular flexibility index (Phi) is 2.72. The van der Waals surface area contributed by atoms with Crippen molar-refractivity contribution in [1.29, 1.82) is 0 Å². The van der Waals surface area contributed by atoms with Gasteiger partial charge in [-0.15, -0.1) is 0 Å². The third-order valence-corrected chi connectivity index (χ3v) is 3.01. The smallest absolute Gasteiger partial charge is 0.157 e. The van der Waals surface area contributed by atoms with Crippen molar-refractivity contribution in [2.45, 2.75) is 12.1 Å². The summed E-state index contributed by atoms with van der Waals surface area (Å²) in [6.45, 7) is 3.93. The average Bonchev–Trinajstić information content (AvgIpc) is 2.19. The summed E-state index contributed by atoms with van der Waals surface area (Å²) in [6.07, 6.45) is 8.79. The molecule has 1 aliphatic heterocycles. The number of rotatable bonds is 1. The quantitative estimate of drug-likeness (QED) is 0.614. The fourth-order valence-electron chi connectivity index (χ4n) is 1.99. The van der Waals surface area contributed by atoms with Crippen molar-refractivity contribution < 1.29 is 5.11 Å². The summed E-state index contributed by atoms with van der Waals surface area (Å²) in [5.41, 5.74) is -0.820. The average molecular weight is 194 g/mol. The molecule has 0 atom stereocenters. The fraction of sp³-hybridized carbons (Fsp3) is 0.636. The molecule has 0 saturated carbocycles. The Morgan fingerprint density at radius 3 is 2.21 bits per heavy atom. The fourth-order valence-corrected chi connectivity index (χ4v) is 1.99. The molecule has 1 saturated heterocycles. The lowest BCUT2D eigenvalue weighted by molar-refractivity contribution is -0.0497. The molecule has 78 valence electrons. The molecule has 0 aromatic heterocycles. The Labute approximate surface area is 85.3 Å². The standard InChI is InChI=1S/C11H18N2O/c1-12-7-9-13(10-8-12)11(14)5-3-2-4-6-11/h3-6,14H,2,7-10H2,1H3. The van der Waals surface area contributed by atoms with Gasteiger partial charge in [0, 0.05) is 26.2 Å². The second kappa shape index (κ2) is 3.85. The molecule has 2 aliphatic rings. The highest BCUT2D eigenvalue weighted by Crippen LogP contribution is 2.21. The van der Waals surface area contributed by atoms with Crippen molar-refractivity contribution in [1.82, 2.24) is 9.80 Å². The van der Waals surface area contributed by atoms with E-state index in [2.05, 4.69) is 16.8 Å². The highest BCUT2D eigenvalue weighted by atomic mass is 16.3. The maximum Gasteiger partial charge on any atom is 0.157 e. The first-order valence-electron chi connectivity index (χ1n) is 5.22. The van der Waals surface area contributed by atoms with Crippen molar-refractivity contribution in [2.75, 3.05) is 33.2 Å². The zero-order valence-electron chi connectivity index (χ0n) is 8.69. The molecule has 0 aromatic rings. The van der Waals surface area contributed by atoms with Crippen LogP contribution in [0.2, 0.25) is 0 Å². The van der Waals surface area contributed by atoms with E-state index >= 15 is 0 Å². The molecule has 1 fully saturated rings. The predicted octanol–water partition coefficient (Wildman–Crippen LogP) is 0.438. The van der Waals surface area contributed by atoms with Crippen LogP contribution in [0, 0.1) is 0 Å². The predicted molar refractivity (Wildman–Crippen MR) is 56.9 cm³/mol. The van der Waals surface area contributed by atoms with Gasteiger partial charge in [-0.2, -0.15) is 0 Å². The van der Waals surface area contributed by atoms with Gasteiger partial charge >= 0.3 is 0 Å². The van der Waals surface area contributed by atoms with Crippen molar-refractivity contribution in [3.05, 3.63) is 24.3 Å². The molecule has 3 nitrogen and oxygen atoms in total. The number of hydrogen-bond donors (Lipinski definition) is 1. The third-order valence-electron chi connectivity index (χ3n) is 3.01. The van der Waals surface area contributed by atoms with E-state index in [0.29, 0.717) is 0 Å². The first-order chi connectivity index (χ1) is 6.71. The molecule has 0 bridgehead atoms. The summed E-state index contributed by atoms with van der Waals surface area (Å²) in [5.74, 6) is 0. The van der Waals surface area contributed by atoms with Gasteiger partial charge in [0.05, 0.1) is 0 Å². The van der Waals surface area contributed by atoms with Gasteiger partial charge in [0.1, 0.15) is 0 Å². The maximum atomic E-state index is 10.3. The topological polar surface area (TPSA) is 26.7 Å². The Balaban J connectivity index is 2.03. The molecule has 2 rings (SSSR count). The second-order valence-electron chi connectivity index (χ2n) is 4.11. The summed E-state index contributed by atoms with van der Waals surface area (Å²) in [5, 5.41) is 10.3. The Morgan fingerprint density at radius 1 is 1.07 bits per heavy atom. The maximum absolute atomic E-state index is 10.3. The number of allylic oxidation sites excluding steroid dienone is 2. The Bertz CT molecular complexity index is 240. The number of aliphatic hydroxyl groups is 1. The molecule has 0 unspecified atom stereocenters. The van der Waals surface area contributed by atoms with Crippen molar-refractivity contribution in [3.63, 3.8) is 0 Å². The molecular weight excluding hydrogens is 176 g/mol. The zero-order chi connectivity index (χ0) is 10.0. The van der Waals surface area contributed by atoms with Crippen LogP contribution in [-0.2, 0) is 0 Å².